The highest BCUT2D eigenvalue weighted by Crippen LogP contribution is 2.10. The number of benzene rings is 1. The summed E-state index contributed by atoms with van der Waals surface area (Å²) in [5.41, 5.74) is 0.147. The normalized spacial score (nSPS) is 10.8. The Morgan fingerprint density at radius 1 is 1.25 bits per heavy atom. The second kappa shape index (κ2) is 8.60. The van der Waals surface area contributed by atoms with Crippen LogP contribution in [0.15, 0.2) is 18.2 Å². The standard InChI is InChI=1S/C14H19F2NO3/c1-3-19-14(20-4-2)9-17-13(18)7-10-5-6-11(15)8-12(10)16/h5-6,8,14H,3-4,7,9H2,1-2H3,(H,17,18). The van der Waals surface area contributed by atoms with Crippen LogP contribution in [0, 0.1) is 11.6 Å². The molecule has 0 bridgehead atoms. The Bertz CT molecular complexity index is 434. The predicted octanol–water partition coefficient (Wildman–Crippen LogP) is 2.02. The van der Waals surface area contributed by atoms with Gasteiger partial charge in [-0.1, -0.05) is 6.07 Å². The van der Waals surface area contributed by atoms with Crippen LogP contribution in [0.1, 0.15) is 19.4 Å². The number of nitrogens with one attached hydrogen (secondary N) is 1. The summed E-state index contributed by atoms with van der Waals surface area (Å²) < 4.78 is 36.6. The second-order valence-electron chi connectivity index (χ2n) is 4.06. The minimum Gasteiger partial charge on any atom is -0.351 e. The van der Waals surface area contributed by atoms with E-state index in [-0.39, 0.29) is 24.4 Å². The van der Waals surface area contributed by atoms with Crippen molar-refractivity contribution in [1.82, 2.24) is 5.32 Å². The highest BCUT2D eigenvalue weighted by molar-refractivity contribution is 5.78. The Hall–Kier alpha value is -1.53. The fourth-order valence-corrected chi connectivity index (χ4v) is 1.64. The van der Waals surface area contributed by atoms with Gasteiger partial charge in [-0.3, -0.25) is 4.79 Å². The molecule has 1 amide bonds. The molecule has 1 rings (SSSR count). The van der Waals surface area contributed by atoms with E-state index in [0.717, 1.165) is 12.1 Å². The lowest BCUT2D eigenvalue weighted by molar-refractivity contribution is -0.140. The number of ether oxygens (including phenoxy) is 2. The van der Waals surface area contributed by atoms with Crippen molar-refractivity contribution in [2.75, 3.05) is 19.8 Å². The summed E-state index contributed by atoms with van der Waals surface area (Å²) in [7, 11) is 0. The van der Waals surface area contributed by atoms with Crippen LogP contribution in [0.4, 0.5) is 8.78 Å². The second-order valence-corrected chi connectivity index (χ2v) is 4.06. The number of hydrogen-bond donors (Lipinski definition) is 1. The van der Waals surface area contributed by atoms with Gasteiger partial charge in [-0.05, 0) is 25.5 Å². The summed E-state index contributed by atoms with van der Waals surface area (Å²) in [4.78, 5) is 11.7. The maximum atomic E-state index is 13.4. The van der Waals surface area contributed by atoms with Gasteiger partial charge in [-0.25, -0.2) is 8.78 Å². The van der Waals surface area contributed by atoms with Crippen molar-refractivity contribution in [2.24, 2.45) is 0 Å². The Morgan fingerprint density at radius 2 is 1.90 bits per heavy atom. The average Bonchev–Trinajstić information content (AvgIpc) is 2.40. The van der Waals surface area contributed by atoms with Crippen LogP contribution in [-0.4, -0.2) is 32.0 Å². The SMILES string of the molecule is CCOC(CNC(=O)Cc1ccc(F)cc1F)OCC. The van der Waals surface area contributed by atoms with Crippen molar-refractivity contribution in [3.63, 3.8) is 0 Å². The maximum absolute atomic E-state index is 13.4. The average molecular weight is 287 g/mol. The van der Waals surface area contributed by atoms with Crippen molar-refractivity contribution in [1.29, 1.82) is 0 Å². The molecule has 0 radical (unpaired) electrons. The Labute approximate surface area is 117 Å². The molecule has 0 unspecified atom stereocenters. The summed E-state index contributed by atoms with van der Waals surface area (Å²) in [6, 6.07) is 3.13. The van der Waals surface area contributed by atoms with E-state index in [1.54, 1.807) is 0 Å². The maximum Gasteiger partial charge on any atom is 0.224 e. The predicted molar refractivity (Wildman–Crippen MR) is 70.1 cm³/mol. The van der Waals surface area contributed by atoms with E-state index in [1.165, 1.54) is 6.07 Å². The fraction of sp³-hybridized carbons (Fsp3) is 0.500. The summed E-state index contributed by atoms with van der Waals surface area (Å²) in [5, 5.41) is 2.59. The van der Waals surface area contributed by atoms with Gasteiger partial charge in [0, 0.05) is 19.3 Å². The van der Waals surface area contributed by atoms with Gasteiger partial charge >= 0.3 is 0 Å². The van der Waals surface area contributed by atoms with E-state index < -0.39 is 17.9 Å². The van der Waals surface area contributed by atoms with Crippen molar-refractivity contribution >= 4 is 5.91 Å². The first-order valence-corrected chi connectivity index (χ1v) is 6.50. The molecule has 1 aromatic rings. The quantitative estimate of drug-likeness (QED) is 0.744. The first-order valence-electron chi connectivity index (χ1n) is 6.50. The lowest BCUT2D eigenvalue weighted by Crippen LogP contribution is -2.36. The van der Waals surface area contributed by atoms with E-state index in [0.29, 0.717) is 13.2 Å². The van der Waals surface area contributed by atoms with Gasteiger partial charge in [0.25, 0.3) is 0 Å². The number of carbonyl (C=O) groups excluding carboxylic acids is 1. The highest BCUT2D eigenvalue weighted by atomic mass is 19.1. The summed E-state index contributed by atoms with van der Waals surface area (Å²) in [5.74, 6) is -1.77. The van der Waals surface area contributed by atoms with E-state index in [1.807, 2.05) is 13.8 Å². The molecule has 1 aromatic carbocycles. The van der Waals surface area contributed by atoms with Crippen molar-refractivity contribution in [3.8, 4) is 0 Å². The smallest absolute Gasteiger partial charge is 0.224 e. The molecule has 0 saturated carbocycles. The third-order valence-electron chi connectivity index (χ3n) is 2.54. The zero-order valence-electron chi connectivity index (χ0n) is 11.6. The fourth-order valence-electron chi connectivity index (χ4n) is 1.64. The number of rotatable bonds is 8. The van der Waals surface area contributed by atoms with Gasteiger partial charge in [0.1, 0.15) is 11.6 Å². The molecule has 0 fully saturated rings. The molecule has 4 nitrogen and oxygen atoms in total. The van der Waals surface area contributed by atoms with Crippen LogP contribution < -0.4 is 5.32 Å². The molecule has 1 N–H and O–H groups in total. The van der Waals surface area contributed by atoms with Crippen LogP contribution in [0.5, 0.6) is 0 Å². The molecular formula is C14H19F2NO3. The largest absolute Gasteiger partial charge is 0.351 e. The molecule has 0 saturated heterocycles. The van der Waals surface area contributed by atoms with Crippen molar-refractivity contribution in [2.45, 2.75) is 26.6 Å². The van der Waals surface area contributed by atoms with Gasteiger partial charge in [0.15, 0.2) is 6.29 Å². The first kappa shape index (κ1) is 16.5. The van der Waals surface area contributed by atoms with Crippen molar-refractivity contribution in [3.05, 3.63) is 35.4 Å². The van der Waals surface area contributed by atoms with Crippen LogP contribution in [0.25, 0.3) is 0 Å². The Morgan fingerprint density at radius 3 is 2.45 bits per heavy atom. The lowest BCUT2D eigenvalue weighted by atomic mass is 10.1. The van der Waals surface area contributed by atoms with Gasteiger partial charge in [0.2, 0.25) is 5.91 Å². The number of hydrogen-bond acceptors (Lipinski definition) is 3. The molecular weight excluding hydrogens is 268 g/mol. The summed E-state index contributed by atoms with van der Waals surface area (Å²) in [6.07, 6.45) is -0.677. The van der Waals surface area contributed by atoms with Gasteiger partial charge < -0.3 is 14.8 Å². The van der Waals surface area contributed by atoms with Crippen LogP contribution >= 0.6 is 0 Å². The molecule has 0 aliphatic carbocycles. The van der Waals surface area contributed by atoms with Crippen molar-refractivity contribution < 1.29 is 23.0 Å². The molecule has 0 aromatic heterocycles. The van der Waals surface area contributed by atoms with E-state index in [4.69, 9.17) is 9.47 Å². The number of carbonyl (C=O) groups is 1. The lowest BCUT2D eigenvalue weighted by Gasteiger charge is -2.17. The van der Waals surface area contributed by atoms with Crippen LogP contribution in [0.2, 0.25) is 0 Å². The zero-order chi connectivity index (χ0) is 15.0. The molecule has 6 heteroatoms. The topological polar surface area (TPSA) is 47.6 Å². The number of amides is 1. The summed E-state index contributed by atoms with van der Waals surface area (Å²) >= 11 is 0. The van der Waals surface area contributed by atoms with E-state index in [9.17, 15) is 13.6 Å². The minimum absolute atomic E-state index is 0.147. The minimum atomic E-state index is -0.730. The van der Waals surface area contributed by atoms with Crippen LogP contribution in [0.3, 0.4) is 0 Å². The van der Waals surface area contributed by atoms with Gasteiger partial charge in [-0.2, -0.15) is 0 Å². The van der Waals surface area contributed by atoms with E-state index in [2.05, 4.69) is 5.32 Å². The molecule has 0 aliphatic heterocycles. The molecule has 20 heavy (non-hydrogen) atoms. The third kappa shape index (κ3) is 5.63. The monoisotopic (exact) mass is 287 g/mol. The molecule has 0 aliphatic rings. The highest BCUT2D eigenvalue weighted by Gasteiger charge is 2.12. The number of halogens is 2. The molecule has 112 valence electrons. The Balaban J connectivity index is 2.46. The van der Waals surface area contributed by atoms with Gasteiger partial charge in [0.05, 0.1) is 13.0 Å². The molecule has 0 heterocycles. The first-order chi connectivity index (χ1) is 9.56. The molecule has 0 atom stereocenters. The summed E-state index contributed by atoms with van der Waals surface area (Å²) in [6.45, 7) is 4.76. The van der Waals surface area contributed by atoms with E-state index >= 15 is 0 Å². The zero-order valence-corrected chi connectivity index (χ0v) is 11.6. The third-order valence-corrected chi connectivity index (χ3v) is 2.54. The van der Waals surface area contributed by atoms with Crippen LogP contribution in [-0.2, 0) is 20.7 Å². The Kier molecular flexibility index (Phi) is 7.11. The van der Waals surface area contributed by atoms with Gasteiger partial charge in [-0.15, -0.1) is 0 Å². The molecule has 0 spiro atoms.